The minimum Gasteiger partial charge on any atom is -0.385 e. The molecule has 0 aliphatic heterocycles. The summed E-state index contributed by atoms with van der Waals surface area (Å²) < 4.78 is 27.2. The van der Waals surface area contributed by atoms with Crippen LogP contribution in [0.5, 0.6) is 0 Å². The second-order valence-electron chi connectivity index (χ2n) is 7.44. The molecule has 1 aliphatic rings. The van der Waals surface area contributed by atoms with E-state index in [1.165, 1.54) is 6.92 Å². The lowest BCUT2D eigenvalue weighted by Gasteiger charge is -2.38. The van der Waals surface area contributed by atoms with Gasteiger partial charge in [0.05, 0.1) is 13.1 Å². The Morgan fingerprint density at radius 1 is 1.47 bits per heavy atom. The van der Waals surface area contributed by atoms with Crippen LogP contribution in [0.3, 0.4) is 0 Å². The van der Waals surface area contributed by atoms with Gasteiger partial charge in [-0.2, -0.15) is 5.10 Å². The van der Waals surface area contributed by atoms with Crippen molar-refractivity contribution < 1.29 is 23.8 Å². The maximum Gasteiger partial charge on any atom is 0.334 e. The number of nitrogens with one attached hydrogen (secondary N) is 1. The number of hydrogen-bond donors (Lipinski definition) is 4. The molecule has 0 fully saturated rings. The third kappa shape index (κ3) is 6.21. The van der Waals surface area contributed by atoms with E-state index in [1.54, 1.807) is 25.2 Å². The lowest BCUT2D eigenvalue weighted by Crippen LogP contribution is -2.55. The normalized spacial score (nSPS) is 19.8. The molecule has 2 rings (SSSR count). The molecular weight excluding hydrogens is 422 g/mol. The van der Waals surface area contributed by atoms with Gasteiger partial charge >= 0.3 is 6.03 Å². The van der Waals surface area contributed by atoms with Crippen LogP contribution < -0.4 is 5.84 Å². The van der Waals surface area contributed by atoms with E-state index in [0.717, 1.165) is 9.91 Å². The standard InChI is InChI=1S/C18H27ClF2N6O3/c1-10(12-4-6-13(19)7-5-12)26(8-14(29)18(3,20)21)17(30)27(22)9-15-23-16(11(2)28)25-24-15/h4,6-7,10-12,14,28-29H,5,8-9,22H2,1-3H3,(H,23,24,25)/t10-,11+,12+,14-/m1/s1. The number of carbonyl (C=O) groups excluding carboxylic acids is 1. The van der Waals surface area contributed by atoms with E-state index >= 15 is 0 Å². The third-order valence-electron chi connectivity index (χ3n) is 4.89. The van der Waals surface area contributed by atoms with E-state index in [4.69, 9.17) is 17.4 Å². The smallest absolute Gasteiger partial charge is 0.334 e. The lowest BCUT2D eigenvalue weighted by molar-refractivity contribution is -0.103. The predicted molar refractivity (Wildman–Crippen MR) is 106 cm³/mol. The Labute approximate surface area is 178 Å². The van der Waals surface area contributed by atoms with Crippen molar-refractivity contribution in [1.29, 1.82) is 0 Å². The summed E-state index contributed by atoms with van der Waals surface area (Å²) in [7, 11) is 0. The number of nitrogens with two attached hydrogens (primary N) is 1. The van der Waals surface area contributed by atoms with Crippen LogP contribution in [0.1, 0.15) is 44.9 Å². The van der Waals surface area contributed by atoms with Crippen molar-refractivity contribution >= 4 is 17.6 Å². The van der Waals surface area contributed by atoms with Gasteiger partial charge in [0.25, 0.3) is 5.92 Å². The summed E-state index contributed by atoms with van der Waals surface area (Å²) in [6.07, 6.45) is 2.75. The first-order valence-corrected chi connectivity index (χ1v) is 9.79. The highest BCUT2D eigenvalue weighted by Crippen LogP contribution is 2.27. The van der Waals surface area contributed by atoms with Gasteiger partial charge in [0.2, 0.25) is 0 Å². The lowest BCUT2D eigenvalue weighted by atomic mass is 9.92. The number of rotatable bonds is 8. The van der Waals surface area contributed by atoms with Gasteiger partial charge in [0, 0.05) is 23.9 Å². The number of aromatic amines is 1. The number of aromatic nitrogens is 3. The summed E-state index contributed by atoms with van der Waals surface area (Å²) in [4.78, 5) is 18.1. The average molecular weight is 449 g/mol. The zero-order chi connectivity index (χ0) is 22.6. The molecular formula is C18H27ClF2N6O3. The first kappa shape index (κ1) is 24.2. The SMILES string of the molecule is C[C@H](O)c1n[nH]c(CN(N)C(=O)N(C[C@@H](O)C(C)(F)F)[C@H](C)[C@H]2C=CC(Cl)=CC2)n1. The average Bonchev–Trinajstić information content (AvgIpc) is 3.13. The Morgan fingerprint density at radius 2 is 2.13 bits per heavy atom. The van der Waals surface area contributed by atoms with E-state index in [0.29, 0.717) is 18.4 Å². The molecule has 0 bridgehead atoms. The van der Waals surface area contributed by atoms with Crippen molar-refractivity contribution in [2.24, 2.45) is 11.8 Å². The fourth-order valence-corrected chi connectivity index (χ4v) is 3.09. The molecule has 168 valence electrons. The highest BCUT2D eigenvalue weighted by atomic mass is 35.5. The van der Waals surface area contributed by atoms with Gasteiger partial charge in [-0.1, -0.05) is 23.8 Å². The molecule has 12 heteroatoms. The highest BCUT2D eigenvalue weighted by Gasteiger charge is 2.38. The van der Waals surface area contributed by atoms with Crippen LogP contribution in [-0.2, 0) is 6.54 Å². The van der Waals surface area contributed by atoms with Gasteiger partial charge < -0.3 is 15.1 Å². The van der Waals surface area contributed by atoms with Crippen molar-refractivity contribution in [3.05, 3.63) is 34.9 Å². The topological polar surface area (TPSA) is 132 Å². The molecule has 1 aliphatic carbocycles. The molecule has 0 saturated carbocycles. The van der Waals surface area contributed by atoms with Crippen LogP contribution >= 0.6 is 11.6 Å². The van der Waals surface area contributed by atoms with Crippen LogP contribution in [-0.4, -0.2) is 65.9 Å². The second-order valence-corrected chi connectivity index (χ2v) is 7.88. The molecule has 2 amide bonds. The number of alkyl halides is 2. The number of H-pyrrole nitrogens is 1. The zero-order valence-electron chi connectivity index (χ0n) is 17.0. The Bertz CT molecular complexity index is 795. The first-order valence-electron chi connectivity index (χ1n) is 9.42. The number of halogens is 3. The number of aliphatic hydroxyl groups excluding tert-OH is 2. The quantitative estimate of drug-likeness (QED) is 0.273. The molecule has 0 spiro atoms. The number of urea groups is 1. The fourth-order valence-electron chi connectivity index (χ4n) is 2.93. The Kier molecular flexibility index (Phi) is 7.92. The number of hydrogen-bond acceptors (Lipinski definition) is 6. The summed E-state index contributed by atoms with van der Waals surface area (Å²) in [6.45, 7) is 2.93. The minimum absolute atomic E-state index is 0.133. The van der Waals surface area contributed by atoms with Crippen LogP contribution in [0.4, 0.5) is 13.6 Å². The Balaban J connectivity index is 2.18. The Morgan fingerprint density at radius 3 is 2.63 bits per heavy atom. The van der Waals surface area contributed by atoms with E-state index < -0.39 is 36.7 Å². The van der Waals surface area contributed by atoms with Gasteiger partial charge in [-0.25, -0.2) is 24.4 Å². The molecule has 9 nitrogen and oxygen atoms in total. The van der Waals surface area contributed by atoms with E-state index in [-0.39, 0.29) is 24.1 Å². The molecule has 4 atom stereocenters. The maximum absolute atomic E-state index is 13.6. The summed E-state index contributed by atoms with van der Waals surface area (Å²) in [5, 5.41) is 27.1. The van der Waals surface area contributed by atoms with Crippen molar-refractivity contribution in [3.8, 4) is 0 Å². The van der Waals surface area contributed by atoms with Gasteiger partial charge in [-0.05, 0) is 26.3 Å². The van der Waals surface area contributed by atoms with Crippen LogP contribution in [0.25, 0.3) is 0 Å². The number of amides is 2. The minimum atomic E-state index is -3.40. The van der Waals surface area contributed by atoms with Gasteiger partial charge in [0.15, 0.2) is 5.82 Å². The molecule has 0 saturated heterocycles. The molecule has 1 heterocycles. The van der Waals surface area contributed by atoms with Gasteiger partial charge in [-0.3, -0.25) is 10.1 Å². The van der Waals surface area contributed by atoms with Crippen LogP contribution in [0, 0.1) is 5.92 Å². The van der Waals surface area contributed by atoms with E-state index in [1.807, 2.05) is 0 Å². The number of nitrogens with zero attached hydrogens (tertiary/aromatic N) is 4. The number of allylic oxidation sites excluding steroid dienone is 3. The summed E-state index contributed by atoms with van der Waals surface area (Å²) in [6, 6.07) is -1.32. The van der Waals surface area contributed by atoms with Gasteiger partial charge in [-0.15, -0.1) is 0 Å². The van der Waals surface area contributed by atoms with E-state index in [2.05, 4.69) is 15.2 Å². The molecule has 5 N–H and O–H groups in total. The number of aliphatic hydroxyl groups is 2. The predicted octanol–water partition coefficient (Wildman–Crippen LogP) is 2.06. The summed E-state index contributed by atoms with van der Waals surface area (Å²) in [5.41, 5.74) is 0. The van der Waals surface area contributed by atoms with Gasteiger partial charge in [0.1, 0.15) is 18.0 Å². The molecule has 0 aromatic carbocycles. The Hall–Kier alpha value is -2.08. The zero-order valence-corrected chi connectivity index (χ0v) is 17.7. The first-order chi connectivity index (χ1) is 13.9. The van der Waals surface area contributed by atoms with Crippen molar-refractivity contribution in [3.63, 3.8) is 0 Å². The highest BCUT2D eigenvalue weighted by molar-refractivity contribution is 6.31. The monoisotopic (exact) mass is 448 g/mol. The van der Waals surface area contributed by atoms with E-state index in [9.17, 15) is 23.8 Å². The largest absolute Gasteiger partial charge is 0.385 e. The summed E-state index contributed by atoms with van der Waals surface area (Å²) in [5.74, 6) is 2.62. The van der Waals surface area contributed by atoms with Crippen molar-refractivity contribution in [2.75, 3.05) is 6.54 Å². The molecule has 1 aromatic rings. The second kappa shape index (κ2) is 9.82. The maximum atomic E-state index is 13.6. The molecule has 30 heavy (non-hydrogen) atoms. The number of carbonyl (C=O) groups is 1. The third-order valence-corrected chi connectivity index (χ3v) is 5.17. The van der Waals surface area contributed by atoms with Crippen LogP contribution in [0.2, 0.25) is 0 Å². The number of hydrazine groups is 1. The summed E-state index contributed by atoms with van der Waals surface area (Å²) >= 11 is 5.93. The van der Waals surface area contributed by atoms with Crippen LogP contribution in [0.15, 0.2) is 23.3 Å². The molecule has 1 aromatic heterocycles. The molecule has 0 unspecified atom stereocenters. The van der Waals surface area contributed by atoms with Crippen molar-refractivity contribution in [1.82, 2.24) is 25.1 Å². The molecule has 0 radical (unpaired) electrons. The van der Waals surface area contributed by atoms with Crippen molar-refractivity contribution in [2.45, 2.75) is 57.9 Å². The fraction of sp³-hybridized carbons (Fsp3) is 0.611.